The Balaban J connectivity index is 2.52. The number of aromatic nitrogens is 2. The minimum absolute atomic E-state index is 0.0846. The fourth-order valence-corrected chi connectivity index (χ4v) is 3.43. The standard InChI is InChI=1S/C18H25N3O2/c1-9(2)14-15(10(3)4)21(11(5)6)18-12(16(14)22)7-13-17(20-18)19-8-23-13/h7,9-11H,8H2,1-6H3,(H,19,20). The number of ether oxygens (including phenoxy) is 1. The van der Waals surface area contributed by atoms with E-state index in [0.717, 1.165) is 22.7 Å². The van der Waals surface area contributed by atoms with Crippen LogP contribution in [0.3, 0.4) is 0 Å². The Morgan fingerprint density at radius 1 is 1.17 bits per heavy atom. The summed E-state index contributed by atoms with van der Waals surface area (Å²) in [5, 5.41) is 3.76. The first-order chi connectivity index (χ1) is 10.8. The minimum atomic E-state index is 0.0846. The molecule has 0 atom stereocenters. The predicted octanol–water partition coefficient (Wildman–Crippen LogP) is 3.99. The first kappa shape index (κ1) is 15.8. The van der Waals surface area contributed by atoms with Crippen molar-refractivity contribution in [3.8, 4) is 5.75 Å². The van der Waals surface area contributed by atoms with Crippen LogP contribution in [0.1, 0.15) is 70.7 Å². The fraction of sp³-hybridized carbons (Fsp3) is 0.556. The van der Waals surface area contributed by atoms with E-state index < -0.39 is 0 Å². The first-order valence-electron chi connectivity index (χ1n) is 8.32. The van der Waals surface area contributed by atoms with Gasteiger partial charge in [0.1, 0.15) is 5.65 Å². The second kappa shape index (κ2) is 5.55. The summed E-state index contributed by atoms with van der Waals surface area (Å²) >= 11 is 0. The molecule has 0 radical (unpaired) electrons. The Hall–Kier alpha value is -2.04. The Labute approximate surface area is 136 Å². The molecule has 5 heteroatoms. The van der Waals surface area contributed by atoms with Crippen LogP contribution < -0.4 is 15.5 Å². The average Bonchev–Trinajstić information content (AvgIpc) is 2.91. The molecule has 0 amide bonds. The van der Waals surface area contributed by atoms with Crippen molar-refractivity contribution in [2.75, 3.05) is 12.0 Å². The largest absolute Gasteiger partial charge is 0.469 e. The van der Waals surface area contributed by atoms with Crippen molar-refractivity contribution in [2.45, 2.75) is 59.4 Å². The molecule has 2 aromatic heterocycles. The second-order valence-electron chi connectivity index (χ2n) is 7.07. The van der Waals surface area contributed by atoms with E-state index in [9.17, 15) is 4.79 Å². The maximum atomic E-state index is 13.1. The highest BCUT2D eigenvalue weighted by molar-refractivity contribution is 5.82. The number of fused-ring (bicyclic) bond motifs is 2. The van der Waals surface area contributed by atoms with Gasteiger partial charge in [0.15, 0.2) is 23.7 Å². The van der Waals surface area contributed by atoms with Gasteiger partial charge in [-0.1, -0.05) is 27.7 Å². The van der Waals surface area contributed by atoms with Gasteiger partial charge in [0, 0.05) is 17.3 Å². The van der Waals surface area contributed by atoms with Crippen molar-refractivity contribution in [2.24, 2.45) is 0 Å². The highest BCUT2D eigenvalue weighted by Gasteiger charge is 2.25. The summed E-state index contributed by atoms with van der Waals surface area (Å²) in [6.07, 6.45) is 0. The molecule has 0 fully saturated rings. The zero-order valence-corrected chi connectivity index (χ0v) is 14.7. The third kappa shape index (κ3) is 2.38. The summed E-state index contributed by atoms with van der Waals surface area (Å²) in [5.41, 5.74) is 2.82. The summed E-state index contributed by atoms with van der Waals surface area (Å²) < 4.78 is 7.74. The van der Waals surface area contributed by atoms with Crippen LogP contribution in [0.4, 0.5) is 5.82 Å². The molecule has 0 unspecified atom stereocenters. The minimum Gasteiger partial charge on any atom is -0.469 e. The summed E-state index contributed by atoms with van der Waals surface area (Å²) in [5.74, 6) is 1.81. The molecule has 0 spiro atoms. The Morgan fingerprint density at radius 3 is 2.43 bits per heavy atom. The van der Waals surface area contributed by atoms with E-state index in [1.54, 1.807) is 0 Å². The van der Waals surface area contributed by atoms with Gasteiger partial charge in [-0.15, -0.1) is 0 Å². The third-order valence-corrected chi connectivity index (χ3v) is 4.33. The molecule has 2 aromatic rings. The van der Waals surface area contributed by atoms with Crippen LogP contribution in [0.5, 0.6) is 5.75 Å². The van der Waals surface area contributed by atoms with Gasteiger partial charge >= 0.3 is 0 Å². The molecule has 1 N–H and O–H groups in total. The smallest absolute Gasteiger partial charge is 0.194 e. The topological polar surface area (TPSA) is 56.2 Å². The van der Waals surface area contributed by atoms with Gasteiger partial charge in [0.25, 0.3) is 0 Å². The number of pyridine rings is 2. The molecule has 3 heterocycles. The van der Waals surface area contributed by atoms with Crippen molar-refractivity contribution in [3.63, 3.8) is 0 Å². The molecule has 3 rings (SSSR count). The maximum Gasteiger partial charge on any atom is 0.194 e. The first-order valence-corrected chi connectivity index (χ1v) is 8.32. The van der Waals surface area contributed by atoms with Crippen molar-refractivity contribution < 1.29 is 4.74 Å². The molecule has 1 aliphatic rings. The van der Waals surface area contributed by atoms with Gasteiger partial charge in [-0.2, -0.15) is 0 Å². The molecule has 0 aliphatic carbocycles. The van der Waals surface area contributed by atoms with E-state index >= 15 is 0 Å². The number of rotatable bonds is 3. The van der Waals surface area contributed by atoms with Crippen LogP contribution >= 0.6 is 0 Å². The molecule has 23 heavy (non-hydrogen) atoms. The van der Waals surface area contributed by atoms with Crippen LogP contribution in [0.15, 0.2) is 10.9 Å². The lowest BCUT2D eigenvalue weighted by atomic mass is 9.92. The van der Waals surface area contributed by atoms with Crippen molar-refractivity contribution in [3.05, 3.63) is 27.5 Å². The summed E-state index contributed by atoms with van der Waals surface area (Å²) in [6.45, 7) is 13.1. The molecule has 124 valence electrons. The quantitative estimate of drug-likeness (QED) is 0.930. The zero-order chi connectivity index (χ0) is 16.9. The van der Waals surface area contributed by atoms with Crippen LogP contribution in [0.2, 0.25) is 0 Å². The van der Waals surface area contributed by atoms with Crippen LogP contribution in [-0.4, -0.2) is 16.3 Å². The highest BCUT2D eigenvalue weighted by Crippen LogP contribution is 2.34. The molecule has 5 nitrogen and oxygen atoms in total. The Bertz CT molecular complexity index is 819. The van der Waals surface area contributed by atoms with Crippen molar-refractivity contribution in [1.29, 1.82) is 0 Å². The normalized spacial score (nSPS) is 13.8. The van der Waals surface area contributed by atoms with Crippen LogP contribution in [0.25, 0.3) is 11.0 Å². The van der Waals surface area contributed by atoms with Crippen LogP contribution in [-0.2, 0) is 0 Å². The van der Waals surface area contributed by atoms with Crippen molar-refractivity contribution in [1.82, 2.24) is 9.55 Å². The van der Waals surface area contributed by atoms with E-state index in [2.05, 4.69) is 51.4 Å². The molecular weight excluding hydrogens is 290 g/mol. The van der Waals surface area contributed by atoms with Gasteiger partial charge in [-0.3, -0.25) is 4.79 Å². The number of hydrogen-bond donors (Lipinski definition) is 1. The SMILES string of the molecule is CC(C)c1c(C(C)C)n(C(C)C)c2nc3c(cc2c1=O)OCN3. The number of nitrogens with one attached hydrogen (secondary N) is 1. The lowest BCUT2D eigenvalue weighted by molar-refractivity contribution is 0.373. The fourth-order valence-electron chi connectivity index (χ4n) is 3.43. The average molecular weight is 315 g/mol. The van der Waals surface area contributed by atoms with Gasteiger partial charge in [0.2, 0.25) is 0 Å². The molecular formula is C18H25N3O2. The molecule has 0 bridgehead atoms. The number of nitrogens with zero attached hydrogens (tertiary/aromatic N) is 2. The molecule has 0 aromatic carbocycles. The Morgan fingerprint density at radius 2 is 1.87 bits per heavy atom. The maximum absolute atomic E-state index is 13.1. The lowest BCUT2D eigenvalue weighted by Crippen LogP contribution is -2.24. The highest BCUT2D eigenvalue weighted by atomic mass is 16.5. The van der Waals surface area contributed by atoms with Gasteiger partial charge in [-0.25, -0.2) is 4.98 Å². The van der Waals surface area contributed by atoms with Gasteiger partial charge in [-0.05, 0) is 31.7 Å². The van der Waals surface area contributed by atoms with E-state index in [1.165, 1.54) is 0 Å². The van der Waals surface area contributed by atoms with E-state index in [4.69, 9.17) is 9.72 Å². The second-order valence-corrected chi connectivity index (χ2v) is 7.07. The summed E-state index contributed by atoms with van der Waals surface area (Å²) in [6, 6.07) is 2.07. The molecule has 0 saturated carbocycles. The molecule has 1 aliphatic heterocycles. The van der Waals surface area contributed by atoms with Crippen LogP contribution in [0, 0.1) is 0 Å². The van der Waals surface area contributed by atoms with E-state index in [1.807, 2.05) is 6.07 Å². The Kier molecular flexibility index (Phi) is 3.82. The third-order valence-electron chi connectivity index (χ3n) is 4.33. The van der Waals surface area contributed by atoms with Gasteiger partial charge < -0.3 is 14.6 Å². The zero-order valence-electron chi connectivity index (χ0n) is 14.7. The number of anilines is 1. The van der Waals surface area contributed by atoms with Gasteiger partial charge in [0.05, 0.1) is 5.39 Å². The van der Waals surface area contributed by atoms with Crippen molar-refractivity contribution >= 4 is 16.9 Å². The predicted molar refractivity (Wildman–Crippen MR) is 93.7 cm³/mol. The summed E-state index contributed by atoms with van der Waals surface area (Å²) in [4.78, 5) is 17.8. The molecule has 0 saturated heterocycles. The monoisotopic (exact) mass is 315 g/mol. The van der Waals surface area contributed by atoms with E-state index in [-0.39, 0.29) is 23.3 Å². The number of hydrogen-bond acceptors (Lipinski definition) is 4. The van der Waals surface area contributed by atoms with E-state index in [0.29, 0.717) is 17.9 Å². The lowest BCUT2D eigenvalue weighted by Gasteiger charge is -2.26. The summed E-state index contributed by atoms with van der Waals surface area (Å²) in [7, 11) is 0.